The number of para-hydroxylation sites is 1. The van der Waals surface area contributed by atoms with Crippen LogP contribution in [0.25, 0.3) is 6.08 Å². The number of nitrogens with one attached hydrogen (secondary N) is 1. The van der Waals surface area contributed by atoms with Crippen molar-refractivity contribution in [3.63, 3.8) is 0 Å². The third kappa shape index (κ3) is 6.58. The highest BCUT2D eigenvalue weighted by atomic mass is 16.5. The fraction of sp³-hybridized carbons (Fsp3) is 0.400. The van der Waals surface area contributed by atoms with E-state index < -0.39 is 18.5 Å². The zero-order valence-electron chi connectivity index (χ0n) is 19.0. The second kappa shape index (κ2) is 11.2. The molecule has 6 heteroatoms. The molecule has 0 spiro atoms. The van der Waals surface area contributed by atoms with Crippen molar-refractivity contribution in [2.24, 2.45) is 5.92 Å². The zero-order chi connectivity index (χ0) is 23.0. The van der Waals surface area contributed by atoms with E-state index >= 15 is 0 Å². The predicted molar refractivity (Wildman–Crippen MR) is 122 cm³/mol. The Bertz CT molecular complexity index is 1010. The summed E-state index contributed by atoms with van der Waals surface area (Å²) in [5.74, 6) is -0.674. The molecule has 1 amide bonds. The Morgan fingerprint density at radius 3 is 2.61 bits per heavy atom. The molecule has 2 rings (SSSR count). The normalized spacial score (nSPS) is 11.3. The monoisotopic (exact) mass is 421 g/mol. The largest absolute Gasteiger partial charge is 0.451 e. The lowest BCUT2D eigenvalue weighted by Crippen LogP contribution is -2.22. The van der Waals surface area contributed by atoms with Crippen LogP contribution in [0.15, 0.2) is 35.9 Å². The molecule has 164 valence electrons. The maximum atomic E-state index is 12.4. The van der Waals surface area contributed by atoms with Crippen LogP contribution in [0.4, 0.5) is 5.69 Å². The van der Waals surface area contributed by atoms with Gasteiger partial charge in [-0.3, -0.25) is 4.79 Å². The average molecular weight is 422 g/mol. The SMILES string of the molecule is CCc1ccccc1NC(=O)COC(=O)/C(C#N)=C/c1cc(C)n(CCC(C)C)c1C. The van der Waals surface area contributed by atoms with E-state index in [2.05, 4.69) is 23.7 Å². The van der Waals surface area contributed by atoms with Crippen molar-refractivity contribution in [2.75, 3.05) is 11.9 Å². The fourth-order valence-corrected chi connectivity index (χ4v) is 3.34. The summed E-state index contributed by atoms with van der Waals surface area (Å²) in [6, 6.07) is 11.3. The van der Waals surface area contributed by atoms with E-state index in [9.17, 15) is 14.9 Å². The van der Waals surface area contributed by atoms with E-state index in [0.717, 1.165) is 41.9 Å². The van der Waals surface area contributed by atoms with Gasteiger partial charge in [0, 0.05) is 23.6 Å². The van der Waals surface area contributed by atoms with Crippen molar-refractivity contribution in [3.05, 3.63) is 58.4 Å². The molecule has 0 aliphatic rings. The molecule has 0 unspecified atom stereocenters. The van der Waals surface area contributed by atoms with E-state index in [4.69, 9.17) is 4.74 Å². The van der Waals surface area contributed by atoms with Crippen molar-refractivity contribution in [2.45, 2.75) is 54.0 Å². The highest BCUT2D eigenvalue weighted by Crippen LogP contribution is 2.20. The van der Waals surface area contributed by atoms with Crippen LogP contribution in [0.1, 0.15) is 49.7 Å². The molecule has 0 aliphatic carbocycles. The lowest BCUT2D eigenvalue weighted by Gasteiger charge is -2.11. The number of hydrogen-bond acceptors (Lipinski definition) is 4. The number of nitriles is 1. The maximum absolute atomic E-state index is 12.4. The molecule has 31 heavy (non-hydrogen) atoms. The van der Waals surface area contributed by atoms with Gasteiger partial charge >= 0.3 is 5.97 Å². The van der Waals surface area contributed by atoms with Crippen molar-refractivity contribution in [3.8, 4) is 6.07 Å². The minimum atomic E-state index is -0.812. The number of ether oxygens (including phenoxy) is 1. The van der Waals surface area contributed by atoms with Gasteiger partial charge in [-0.05, 0) is 61.9 Å². The van der Waals surface area contributed by atoms with Crippen LogP contribution < -0.4 is 5.32 Å². The van der Waals surface area contributed by atoms with Gasteiger partial charge in [0.25, 0.3) is 5.91 Å². The Morgan fingerprint density at radius 1 is 1.26 bits per heavy atom. The summed E-state index contributed by atoms with van der Waals surface area (Å²) in [6.45, 7) is 10.8. The molecule has 0 atom stereocenters. The quantitative estimate of drug-likeness (QED) is 0.358. The first-order valence-electron chi connectivity index (χ1n) is 10.6. The molecular formula is C25H31N3O3. The third-order valence-corrected chi connectivity index (χ3v) is 5.19. The number of esters is 1. The van der Waals surface area contributed by atoms with Gasteiger partial charge in [0.2, 0.25) is 0 Å². The molecule has 0 aliphatic heterocycles. The van der Waals surface area contributed by atoms with Gasteiger partial charge in [-0.2, -0.15) is 5.26 Å². The number of aromatic nitrogens is 1. The minimum absolute atomic E-state index is 0.133. The van der Waals surface area contributed by atoms with Crippen LogP contribution in [0, 0.1) is 31.1 Å². The Kier molecular flexibility index (Phi) is 8.63. The number of amides is 1. The van der Waals surface area contributed by atoms with Gasteiger partial charge < -0.3 is 14.6 Å². The average Bonchev–Trinajstić information content (AvgIpc) is 3.01. The topological polar surface area (TPSA) is 84.1 Å². The molecule has 1 N–H and O–H groups in total. The maximum Gasteiger partial charge on any atom is 0.349 e. The van der Waals surface area contributed by atoms with Crippen molar-refractivity contribution in [1.29, 1.82) is 5.26 Å². The van der Waals surface area contributed by atoms with Gasteiger partial charge in [0.05, 0.1) is 0 Å². The molecular weight excluding hydrogens is 390 g/mol. The summed E-state index contributed by atoms with van der Waals surface area (Å²) in [4.78, 5) is 24.6. The van der Waals surface area contributed by atoms with Crippen LogP contribution in [0.2, 0.25) is 0 Å². The van der Waals surface area contributed by atoms with Crippen molar-refractivity contribution in [1.82, 2.24) is 4.57 Å². The third-order valence-electron chi connectivity index (χ3n) is 5.19. The highest BCUT2D eigenvalue weighted by molar-refractivity contribution is 6.00. The fourth-order valence-electron chi connectivity index (χ4n) is 3.34. The van der Waals surface area contributed by atoms with Gasteiger partial charge in [0.1, 0.15) is 11.6 Å². The highest BCUT2D eigenvalue weighted by Gasteiger charge is 2.16. The molecule has 6 nitrogen and oxygen atoms in total. The summed E-state index contributed by atoms with van der Waals surface area (Å²) < 4.78 is 7.27. The molecule has 2 aromatic rings. The van der Waals surface area contributed by atoms with Gasteiger partial charge in [-0.15, -0.1) is 0 Å². The zero-order valence-corrected chi connectivity index (χ0v) is 19.0. The Hall–Kier alpha value is -3.33. The number of anilines is 1. The van der Waals surface area contributed by atoms with E-state index in [-0.39, 0.29) is 5.57 Å². The molecule has 0 radical (unpaired) electrons. The molecule has 1 heterocycles. The smallest absolute Gasteiger partial charge is 0.349 e. The molecule has 0 saturated heterocycles. The number of hydrogen-bond donors (Lipinski definition) is 1. The lowest BCUT2D eigenvalue weighted by atomic mass is 10.1. The van der Waals surface area contributed by atoms with E-state index in [1.165, 1.54) is 6.08 Å². The second-order valence-corrected chi connectivity index (χ2v) is 7.97. The van der Waals surface area contributed by atoms with Crippen LogP contribution in [0.3, 0.4) is 0 Å². The number of rotatable bonds is 9. The number of nitrogens with zero attached hydrogens (tertiary/aromatic N) is 2. The lowest BCUT2D eigenvalue weighted by molar-refractivity contribution is -0.142. The van der Waals surface area contributed by atoms with Crippen LogP contribution in [0.5, 0.6) is 0 Å². The van der Waals surface area contributed by atoms with Gasteiger partial charge in [0.15, 0.2) is 6.61 Å². The first-order chi connectivity index (χ1) is 14.8. The standard InChI is InChI=1S/C25H31N3O3/c1-6-20-9-7-8-10-23(20)27-24(29)16-31-25(30)22(15-26)14-21-13-18(4)28(19(21)5)12-11-17(2)3/h7-10,13-14,17H,6,11-12,16H2,1-5H3,(H,27,29)/b22-14+. The van der Waals surface area contributed by atoms with Crippen LogP contribution in [-0.2, 0) is 27.3 Å². The second-order valence-electron chi connectivity index (χ2n) is 7.97. The Morgan fingerprint density at radius 2 is 1.97 bits per heavy atom. The number of aryl methyl sites for hydroxylation is 2. The Balaban J connectivity index is 2.05. The van der Waals surface area contributed by atoms with E-state index in [1.807, 2.05) is 51.1 Å². The van der Waals surface area contributed by atoms with Crippen molar-refractivity contribution < 1.29 is 14.3 Å². The molecule has 1 aromatic heterocycles. The number of benzene rings is 1. The van der Waals surface area contributed by atoms with Gasteiger partial charge in [-0.25, -0.2) is 4.79 Å². The van der Waals surface area contributed by atoms with Gasteiger partial charge in [-0.1, -0.05) is 39.0 Å². The summed E-state index contributed by atoms with van der Waals surface area (Å²) in [5, 5.41) is 12.2. The molecule has 0 fully saturated rings. The van der Waals surface area contributed by atoms with E-state index in [0.29, 0.717) is 11.6 Å². The first kappa shape index (κ1) is 23.9. The van der Waals surface area contributed by atoms with E-state index in [1.54, 1.807) is 6.07 Å². The number of carbonyl (C=O) groups is 2. The molecule has 0 saturated carbocycles. The first-order valence-corrected chi connectivity index (χ1v) is 10.6. The summed E-state index contributed by atoms with van der Waals surface area (Å²) in [7, 11) is 0. The van der Waals surface area contributed by atoms with Crippen LogP contribution in [-0.4, -0.2) is 23.1 Å². The molecule has 0 bridgehead atoms. The minimum Gasteiger partial charge on any atom is -0.451 e. The summed E-state index contributed by atoms with van der Waals surface area (Å²) >= 11 is 0. The molecule has 1 aromatic carbocycles. The van der Waals surface area contributed by atoms with Crippen molar-refractivity contribution >= 4 is 23.6 Å². The Labute approximate surface area is 184 Å². The summed E-state index contributed by atoms with van der Waals surface area (Å²) in [5.41, 5.74) is 4.42. The van der Waals surface area contributed by atoms with Crippen LogP contribution >= 0.6 is 0 Å². The predicted octanol–water partition coefficient (Wildman–Crippen LogP) is 4.80. The summed E-state index contributed by atoms with van der Waals surface area (Å²) in [6.07, 6.45) is 3.34. The number of carbonyl (C=O) groups excluding carboxylic acids is 2.